The molecule has 0 amide bonds. The largest absolute Gasteiger partial charge is 0.478 e. The van der Waals surface area contributed by atoms with Gasteiger partial charge in [-0.3, -0.25) is 0 Å². The van der Waals surface area contributed by atoms with E-state index in [1.165, 1.54) is 11.7 Å². The smallest absolute Gasteiger partial charge is 0.418 e. The van der Waals surface area contributed by atoms with Gasteiger partial charge >= 0.3 is 12.1 Å². The number of hydrogen-bond acceptors (Lipinski definition) is 3. The standard InChI is InChI=1S/C17H13NO4/c1-22-17(21)18-13-10-6-5-9-12(13)14(16(19)20)15(18)11-7-3-2-4-8-11/h2-10H,1H3,(H,19,20). The Labute approximate surface area is 126 Å². The summed E-state index contributed by atoms with van der Waals surface area (Å²) in [5, 5.41) is 10.1. The highest BCUT2D eigenvalue weighted by Crippen LogP contribution is 2.34. The third kappa shape index (κ3) is 2.03. The average Bonchev–Trinajstić information content (AvgIpc) is 2.90. The molecule has 0 aliphatic carbocycles. The molecule has 5 nitrogen and oxygen atoms in total. The lowest BCUT2D eigenvalue weighted by Crippen LogP contribution is -2.13. The molecule has 0 saturated carbocycles. The van der Waals surface area contributed by atoms with Crippen LogP contribution in [0.3, 0.4) is 0 Å². The SMILES string of the molecule is COC(=O)n1c(-c2ccccc2)c(C(=O)O)c2ccccc21. The summed E-state index contributed by atoms with van der Waals surface area (Å²) in [6.07, 6.45) is -0.623. The van der Waals surface area contributed by atoms with Crippen LogP contribution in [0.1, 0.15) is 10.4 Å². The first-order chi connectivity index (χ1) is 10.6. The van der Waals surface area contributed by atoms with Crippen LogP contribution >= 0.6 is 0 Å². The molecule has 1 N–H and O–H groups in total. The van der Waals surface area contributed by atoms with Crippen LogP contribution in [0.2, 0.25) is 0 Å². The van der Waals surface area contributed by atoms with Crippen molar-refractivity contribution in [2.24, 2.45) is 0 Å². The number of aromatic nitrogens is 1. The molecule has 1 aromatic heterocycles. The fourth-order valence-corrected chi connectivity index (χ4v) is 2.61. The first-order valence-electron chi connectivity index (χ1n) is 6.65. The molecule has 1 heterocycles. The molecule has 0 aliphatic heterocycles. The summed E-state index contributed by atoms with van der Waals surface area (Å²) in [7, 11) is 1.27. The van der Waals surface area contributed by atoms with E-state index in [9.17, 15) is 14.7 Å². The van der Waals surface area contributed by atoms with E-state index in [1.54, 1.807) is 48.5 Å². The molecule has 5 heteroatoms. The first-order valence-corrected chi connectivity index (χ1v) is 6.65. The van der Waals surface area contributed by atoms with E-state index >= 15 is 0 Å². The highest BCUT2D eigenvalue weighted by Gasteiger charge is 2.26. The van der Waals surface area contributed by atoms with Gasteiger partial charge in [-0.15, -0.1) is 0 Å². The van der Waals surface area contributed by atoms with Crippen molar-refractivity contribution in [2.75, 3.05) is 7.11 Å². The molecule has 2 aromatic carbocycles. The molecule has 0 saturated heterocycles. The number of carboxylic acids is 1. The molecule has 3 rings (SSSR count). The lowest BCUT2D eigenvalue weighted by Gasteiger charge is -2.08. The second kappa shape index (κ2) is 5.37. The maximum Gasteiger partial charge on any atom is 0.418 e. The molecule has 0 bridgehead atoms. The van der Waals surface area contributed by atoms with E-state index in [0.29, 0.717) is 22.2 Å². The number of benzene rings is 2. The molecule has 110 valence electrons. The molecule has 0 spiro atoms. The van der Waals surface area contributed by atoms with Crippen LogP contribution in [0.4, 0.5) is 4.79 Å². The summed E-state index contributed by atoms with van der Waals surface area (Å²) in [5.41, 5.74) is 1.56. The fourth-order valence-electron chi connectivity index (χ4n) is 2.61. The molecule has 0 aliphatic rings. The maximum absolute atomic E-state index is 12.2. The Bertz CT molecular complexity index is 865. The van der Waals surface area contributed by atoms with Crippen LogP contribution in [0, 0.1) is 0 Å². The van der Waals surface area contributed by atoms with E-state index in [4.69, 9.17) is 4.74 Å². The number of aromatic carboxylic acids is 1. The third-order valence-electron chi connectivity index (χ3n) is 3.49. The highest BCUT2D eigenvalue weighted by molar-refractivity contribution is 6.12. The Balaban J connectivity index is 2.49. The van der Waals surface area contributed by atoms with Crippen molar-refractivity contribution in [3.8, 4) is 11.3 Å². The average molecular weight is 295 g/mol. The van der Waals surface area contributed by atoms with Crippen LogP contribution in [0.25, 0.3) is 22.2 Å². The minimum Gasteiger partial charge on any atom is -0.478 e. The Kier molecular flexibility index (Phi) is 3.39. The first kappa shape index (κ1) is 13.9. The monoisotopic (exact) mass is 295 g/mol. The quantitative estimate of drug-likeness (QED) is 0.784. The normalized spacial score (nSPS) is 10.6. The number of carbonyl (C=O) groups excluding carboxylic acids is 1. The number of methoxy groups -OCH3 is 1. The zero-order valence-corrected chi connectivity index (χ0v) is 11.8. The van der Waals surface area contributed by atoms with Gasteiger partial charge in [-0.05, 0) is 11.6 Å². The molecular formula is C17H13NO4. The van der Waals surface area contributed by atoms with E-state index < -0.39 is 12.1 Å². The van der Waals surface area contributed by atoms with Gasteiger partial charge in [0, 0.05) is 5.39 Å². The van der Waals surface area contributed by atoms with E-state index in [-0.39, 0.29) is 5.56 Å². The zero-order valence-electron chi connectivity index (χ0n) is 11.8. The van der Waals surface area contributed by atoms with Crippen LogP contribution in [0.15, 0.2) is 54.6 Å². The summed E-state index contributed by atoms with van der Waals surface area (Å²) in [6.45, 7) is 0. The number of ether oxygens (including phenoxy) is 1. The maximum atomic E-state index is 12.2. The van der Waals surface area contributed by atoms with Gasteiger partial charge in [0.15, 0.2) is 0 Å². The van der Waals surface area contributed by atoms with Gasteiger partial charge < -0.3 is 9.84 Å². The zero-order chi connectivity index (χ0) is 15.7. The molecule has 3 aromatic rings. The van der Waals surface area contributed by atoms with E-state index in [0.717, 1.165) is 0 Å². The summed E-state index contributed by atoms with van der Waals surface area (Å²) >= 11 is 0. The van der Waals surface area contributed by atoms with Crippen molar-refractivity contribution in [3.05, 3.63) is 60.2 Å². The van der Waals surface area contributed by atoms with Crippen molar-refractivity contribution in [1.29, 1.82) is 0 Å². The number of fused-ring (bicyclic) bond motifs is 1. The second-order valence-corrected chi connectivity index (χ2v) is 4.72. The summed E-state index contributed by atoms with van der Waals surface area (Å²) < 4.78 is 6.13. The summed E-state index contributed by atoms with van der Waals surface area (Å²) in [5.74, 6) is -1.09. The van der Waals surface area contributed by atoms with Crippen molar-refractivity contribution in [2.45, 2.75) is 0 Å². The molecule has 0 atom stereocenters. The van der Waals surface area contributed by atoms with Crippen molar-refractivity contribution >= 4 is 23.0 Å². The molecule has 0 radical (unpaired) electrons. The van der Waals surface area contributed by atoms with Gasteiger partial charge in [-0.25, -0.2) is 14.2 Å². The van der Waals surface area contributed by atoms with Gasteiger partial charge in [0.05, 0.1) is 23.9 Å². The van der Waals surface area contributed by atoms with Crippen LogP contribution in [-0.2, 0) is 4.74 Å². The Morgan fingerprint density at radius 2 is 1.64 bits per heavy atom. The van der Waals surface area contributed by atoms with Crippen molar-refractivity contribution < 1.29 is 19.4 Å². The van der Waals surface area contributed by atoms with E-state index in [1.807, 2.05) is 6.07 Å². The highest BCUT2D eigenvalue weighted by atomic mass is 16.5. The summed E-state index contributed by atoms with van der Waals surface area (Å²) in [4.78, 5) is 24.0. The minimum atomic E-state index is -1.09. The third-order valence-corrected chi connectivity index (χ3v) is 3.49. The van der Waals surface area contributed by atoms with Gasteiger partial charge in [0.1, 0.15) is 0 Å². The van der Waals surface area contributed by atoms with Crippen molar-refractivity contribution in [1.82, 2.24) is 4.57 Å². The number of nitrogens with zero attached hydrogens (tertiary/aromatic N) is 1. The Morgan fingerprint density at radius 3 is 2.27 bits per heavy atom. The Hall–Kier alpha value is -3.08. The molecule has 0 fully saturated rings. The Morgan fingerprint density at radius 1 is 1.00 bits per heavy atom. The summed E-state index contributed by atoms with van der Waals surface area (Å²) in [6, 6.07) is 15.8. The molecule has 22 heavy (non-hydrogen) atoms. The predicted octanol–water partition coefficient (Wildman–Crippen LogP) is 3.62. The fraction of sp³-hybridized carbons (Fsp3) is 0.0588. The van der Waals surface area contributed by atoms with Gasteiger partial charge in [0.25, 0.3) is 0 Å². The predicted molar refractivity (Wildman–Crippen MR) is 82.1 cm³/mol. The minimum absolute atomic E-state index is 0.0900. The number of hydrogen-bond donors (Lipinski definition) is 1. The molecular weight excluding hydrogens is 282 g/mol. The number of para-hydroxylation sites is 1. The lowest BCUT2D eigenvalue weighted by atomic mass is 10.1. The van der Waals surface area contributed by atoms with Gasteiger partial charge in [0.2, 0.25) is 0 Å². The number of rotatable bonds is 2. The molecule has 0 unspecified atom stereocenters. The van der Waals surface area contributed by atoms with Crippen LogP contribution < -0.4 is 0 Å². The van der Waals surface area contributed by atoms with Gasteiger partial charge in [-0.2, -0.15) is 0 Å². The van der Waals surface area contributed by atoms with Gasteiger partial charge in [-0.1, -0.05) is 48.5 Å². The van der Waals surface area contributed by atoms with Crippen LogP contribution in [-0.4, -0.2) is 28.8 Å². The second-order valence-electron chi connectivity index (χ2n) is 4.72. The number of carbonyl (C=O) groups is 2. The topological polar surface area (TPSA) is 68.5 Å². The van der Waals surface area contributed by atoms with Crippen molar-refractivity contribution in [3.63, 3.8) is 0 Å². The van der Waals surface area contributed by atoms with Crippen LogP contribution in [0.5, 0.6) is 0 Å². The van der Waals surface area contributed by atoms with E-state index in [2.05, 4.69) is 0 Å². The lowest BCUT2D eigenvalue weighted by molar-refractivity contribution is 0.0700. The number of carboxylic acid groups (broad SMARTS) is 1.